The van der Waals surface area contributed by atoms with Crippen molar-refractivity contribution >= 4 is 110 Å². The summed E-state index contributed by atoms with van der Waals surface area (Å²) in [5.41, 5.74) is 14.6. The van der Waals surface area contributed by atoms with Gasteiger partial charge in [0.25, 0.3) is 0 Å². The maximum Gasteiger partial charge on any atom is 0.0547 e. The quantitative estimate of drug-likeness (QED) is 0.163. The molecule has 13 aromatic carbocycles. The first-order valence-electron chi connectivity index (χ1n) is 26.0. The lowest BCUT2D eigenvalue weighted by Gasteiger charge is -2.18. The molecule has 0 amide bonds. The van der Waals surface area contributed by atoms with Gasteiger partial charge in [0.05, 0.1) is 33.4 Å². The number of hydrogen-bond donors (Lipinski definition) is 0. The number of aromatic nitrogens is 2. The Kier molecular flexibility index (Phi) is 8.90. The highest BCUT2D eigenvalue weighted by Gasteiger charge is 2.22. The van der Waals surface area contributed by atoms with Gasteiger partial charge in [0, 0.05) is 32.3 Å². The smallest absolute Gasteiger partial charge is 0.0547 e. The first-order valence-corrected chi connectivity index (χ1v) is 26.0. The van der Waals surface area contributed by atoms with Crippen LogP contribution in [0.25, 0.3) is 154 Å². The predicted molar refractivity (Wildman–Crippen MR) is 316 cm³/mol. The molecule has 0 fully saturated rings. The highest BCUT2D eigenvalue weighted by molar-refractivity contribution is 6.24. The van der Waals surface area contributed by atoms with Crippen molar-refractivity contribution < 1.29 is 0 Å². The van der Waals surface area contributed by atoms with Crippen LogP contribution in [0.4, 0.5) is 0 Å². The van der Waals surface area contributed by atoms with Crippen molar-refractivity contribution in [3.8, 4) is 44.8 Å². The van der Waals surface area contributed by atoms with Gasteiger partial charge >= 0.3 is 0 Å². The summed E-state index contributed by atoms with van der Waals surface area (Å²) in [5.74, 6) is 0. The van der Waals surface area contributed by atoms with Crippen molar-refractivity contribution in [3.05, 3.63) is 253 Å². The van der Waals surface area contributed by atoms with E-state index in [0.29, 0.717) is 0 Å². The van der Waals surface area contributed by atoms with Gasteiger partial charge < -0.3 is 9.13 Å². The Balaban J connectivity index is 0.925. The minimum atomic E-state index is 1.07. The van der Waals surface area contributed by atoms with E-state index < -0.39 is 0 Å². The third kappa shape index (κ3) is 6.00. The highest BCUT2D eigenvalue weighted by Crippen LogP contribution is 2.45. The second-order valence-corrected chi connectivity index (χ2v) is 20.2. The fourth-order valence-corrected chi connectivity index (χ4v) is 13.0. The van der Waals surface area contributed by atoms with Crippen LogP contribution in [0.5, 0.6) is 0 Å². The predicted octanol–water partition coefficient (Wildman–Crippen LogP) is 18.0. The topological polar surface area (TPSA) is 9.86 Å². The highest BCUT2D eigenvalue weighted by atomic mass is 15.0. The lowest BCUT2D eigenvalue weighted by molar-refractivity contribution is 1.12. The number of rotatable bonds is 5. The third-order valence-corrected chi connectivity index (χ3v) is 16.3. The number of fused-ring (bicyclic) bond motifs is 14. The van der Waals surface area contributed by atoms with E-state index in [-0.39, 0.29) is 0 Å². The summed E-state index contributed by atoms with van der Waals surface area (Å²) in [6.45, 7) is 0. The maximum atomic E-state index is 2.54. The molecule has 0 atom stereocenters. The minimum absolute atomic E-state index is 1.07. The van der Waals surface area contributed by atoms with Crippen LogP contribution in [0, 0.1) is 0 Å². The van der Waals surface area contributed by atoms with Crippen molar-refractivity contribution in [2.24, 2.45) is 0 Å². The molecule has 2 aromatic heterocycles. The molecule has 74 heavy (non-hydrogen) atoms. The van der Waals surface area contributed by atoms with Gasteiger partial charge in [-0.2, -0.15) is 0 Å². The van der Waals surface area contributed by atoms with E-state index in [4.69, 9.17) is 0 Å². The Morgan fingerprint density at radius 2 is 0.703 bits per heavy atom. The zero-order chi connectivity index (χ0) is 48.4. The average Bonchev–Trinajstić information content (AvgIpc) is 3.99. The van der Waals surface area contributed by atoms with Gasteiger partial charge in [0.15, 0.2) is 0 Å². The van der Waals surface area contributed by atoms with Gasteiger partial charge in [-0.05, 0) is 136 Å². The van der Waals surface area contributed by atoms with Crippen molar-refractivity contribution in [1.82, 2.24) is 9.13 Å². The van der Waals surface area contributed by atoms with Gasteiger partial charge in [-0.3, -0.25) is 0 Å². The second-order valence-electron chi connectivity index (χ2n) is 20.2. The molecule has 0 unspecified atom stereocenters. The molecular weight excluding hydrogens is 893 g/mol. The van der Waals surface area contributed by atoms with E-state index in [0.717, 1.165) is 12.8 Å². The summed E-state index contributed by atoms with van der Waals surface area (Å²) in [4.78, 5) is 0. The molecule has 0 radical (unpaired) electrons. The zero-order valence-corrected chi connectivity index (χ0v) is 40.6. The molecule has 344 valence electrons. The molecule has 15 aromatic rings. The molecule has 1 aliphatic rings. The van der Waals surface area contributed by atoms with Crippen LogP contribution in [0.3, 0.4) is 0 Å². The van der Waals surface area contributed by atoms with E-state index in [9.17, 15) is 0 Å². The van der Waals surface area contributed by atoms with Gasteiger partial charge in [0.1, 0.15) is 0 Å². The SMILES string of the molecule is C1=c2cccc(-c3ccc4c5c6ccccc6ccc5n(-c5ccc(-c6ccc(-n7c8cc(-c9cccc%10ccccc9%10)ccc8c8c9ccccc9ccc87)c7ccccc67)c6ccccc56)c4c3)c2=CCC1. The lowest BCUT2D eigenvalue weighted by Crippen LogP contribution is -2.28. The summed E-state index contributed by atoms with van der Waals surface area (Å²) in [7, 11) is 0. The van der Waals surface area contributed by atoms with E-state index in [1.807, 2.05) is 0 Å². The van der Waals surface area contributed by atoms with E-state index >= 15 is 0 Å². The van der Waals surface area contributed by atoms with E-state index in [2.05, 4.69) is 264 Å². The van der Waals surface area contributed by atoms with Gasteiger partial charge in [-0.15, -0.1) is 0 Å². The Hall–Kier alpha value is -9.50. The number of hydrogen-bond acceptors (Lipinski definition) is 0. The Morgan fingerprint density at radius 1 is 0.257 bits per heavy atom. The zero-order valence-electron chi connectivity index (χ0n) is 40.6. The molecule has 1 aliphatic carbocycles. The van der Waals surface area contributed by atoms with Crippen LogP contribution in [0.1, 0.15) is 12.8 Å². The van der Waals surface area contributed by atoms with Crippen molar-refractivity contribution in [1.29, 1.82) is 0 Å². The summed E-state index contributed by atoms with van der Waals surface area (Å²) in [5, 5.41) is 20.2. The molecule has 16 rings (SSSR count). The van der Waals surface area contributed by atoms with Crippen LogP contribution in [0.2, 0.25) is 0 Å². The normalized spacial score (nSPS) is 12.7. The van der Waals surface area contributed by atoms with Crippen molar-refractivity contribution in [2.75, 3.05) is 0 Å². The Bertz CT molecular complexity index is 5020. The fraction of sp³-hybridized carbons (Fsp3) is 0.0278. The summed E-state index contributed by atoms with van der Waals surface area (Å²) >= 11 is 0. The van der Waals surface area contributed by atoms with Crippen molar-refractivity contribution in [2.45, 2.75) is 12.8 Å². The van der Waals surface area contributed by atoms with Crippen LogP contribution in [-0.2, 0) is 0 Å². The van der Waals surface area contributed by atoms with Gasteiger partial charge in [-0.25, -0.2) is 0 Å². The molecule has 2 nitrogen and oxygen atoms in total. The van der Waals surface area contributed by atoms with Crippen LogP contribution in [-0.4, -0.2) is 9.13 Å². The monoisotopic (exact) mass is 938 g/mol. The summed E-state index contributed by atoms with van der Waals surface area (Å²) in [6.07, 6.45) is 6.97. The molecule has 2 heteroatoms. The van der Waals surface area contributed by atoms with Crippen LogP contribution < -0.4 is 10.4 Å². The third-order valence-electron chi connectivity index (χ3n) is 16.3. The molecule has 0 saturated heterocycles. The summed E-state index contributed by atoms with van der Waals surface area (Å²) in [6, 6.07) is 90.9. The van der Waals surface area contributed by atoms with Crippen LogP contribution >= 0.6 is 0 Å². The van der Waals surface area contributed by atoms with Crippen molar-refractivity contribution in [3.63, 3.8) is 0 Å². The van der Waals surface area contributed by atoms with Crippen LogP contribution in [0.15, 0.2) is 243 Å². The molecule has 0 spiro atoms. The average molecular weight is 939 g/mol. The first-order chi connectivity index (χ1) is 36.7. The van der Waals surface area contributed by atoms with E-state index in [1.165, 1.54) is 153 Å². The summed E-state index contributed by atoms with van der Waals surface area (Å²) < 4.78 is 5.07. The molecule has 2 heterocycles. The molecular formula is C72H46N2. The molecule has 0 aliphatic heterocycles. The first kappa shape index (κ1) is 41.2. The van der Waals surface area contributed by atoms with Gasteiger partial charge in [-0.1, -0.05) is 218 Å². The lowest BCUT2D eigenvalue weighted by atomic mass is 9.92. The Morgan fingerprint density at radius 3 is 1.28 bits per heavy atom. The largest absolute Gasteiger partial charge is 0.309 e. The second kappa shape index (κ2) is 16.0. The number of nitrogens with zero attached hydrogens (tertiary/aromatic N) is 2. The number of benzene rings is 13. The molecule has 0 N–H and O–H groups in total. The molecule has 0 bridgehead atoms. The molecule has 0 saturated carbocycles. The minimum Gasteiger partial charge on any atom is -0.309 e. The fourth-order valence-electron chi connectivity index (χ4n) is 13.0. The maximum absolute atomic E-state index is 2.54. The van der Waals surface area contributed by atoms with E-state index in [1.54, 1.807) is 0 Å². The Labute approximate surface area is 427 Å². The van der Waals surface area contributed by atoms with Gasteiger partial charge in [0.2, 0.25) is 0 Å². The standard InChI is InChI=1S/C72H46N2/c1-5-21-51-45(15-1)19-13-29-53(51)49-31-35-63-69(43-49)73(67-39-33-47-17-3-7-23-55(47)71(63)67)65-41-37-59(57-25-9-11-27-61(57)65)60-38-42-66(62-28-12-10-26-58(60)62)74-68-40-34-48-18-4-8-24-56(48)72(68)64-36-32-50(44-70(64)74)54-30-14-20-46-16-2-6-22-52(46)54/h1,3-5,7-44H,2,6H2.